The second kappa shape index (κ2) is 11.9. The Kier molecular flexibility index (Phi) is 9.16. The van der Waals surface area contributed by atoms with Gasteiger partial charge in [-0.25, -0.2) is 4.79 Å². The number of carbonyl (C=O) groups excluding carboxylic acids is 2. The lowest BCUT2D eigenvalue weighted by molar-refractivity contribution is 0.101. The third-order valence-electron chi connectivity index (χ3n) is 5.76. The van der Waals surface area contributed by atoms with Crippen LogP contribution < -0.4 is 16.3 Å². The number of benzene rings is 4. The van der Waals surface area contributed by atoms with Crippen molar-refractivity contribution in [3.63, 3.8) is 0 Å². The van der Waals surface area contributed by atoms with Gasteiger partial charge in [-0.1, -0.05) is 27.0 Å². The van der Waals surface area contributed by atoms with Crippen LogP contribution >= 0.6 is 0 Å². The van der Waals surface area contributed by atoms with Gasteiger partial charge < -0.3 is 20.2 Å². The maximum atomic E-state index is 11.7. The molecule has 0 atom stereocenters. The second-order valence-electron chi connectivity index (χ2n) is 8.05. The van der Waals surface area contributed by atoms with Crippen molar-refractivity contribution in [1.82, 2.24) is 0 Å². The highest BCUT2D eigenvalue weighted by atomic mass is 16.4. The standard InChI is InChI=1S/C16H13NO3.C12H11NO2.2CH4/c1-9(18)14-7-12-5-10-3-4-13(17-2)6-11(10)8-15(12)20-16(14)19;1-13-11-3-2-8-4-10(7-14)12(15)6-9(8)5-11;;/h3-8,17H,1-2H3;2-7,13,15H,1H3;2*1H4. The summed E-state index contributed by atoms with van der Waals surface area (Å²) in [6, 6.07) is 20.3. The van der Waals surface area contributed by atoms with Crippen molar-refractivity contribution in [1.29, 1.82) is 0 Å². The third-order valence-corrected chi connectivity index (χ3v) is 5.76. The molecule has 0 unspecified atom stereocenters. The van der Waals surface area contributed by atoms with Crippen molar-refractivity contribution in [2.24, 2.45) is 0 Å². The Morgan fingerprint density at radius 2 is 1.35 bits per heavy atom. The van der Waals surface area contributed by atoms with Gasteiger partial charge in [0, 0.05) is 30.9 Å². The molecule has 5 aromatic rings. The monoisotopic (exact) mass is 500 g/mol. The van der Waals surface area contributed by atoms with E-state index in [0.29, 0.717) is 17.4 Å². The Labute approximate surface area is 215 Å². The molecule has 192 valence electrons. The molecule has 0 saturated heterocycles. The molecule has 1 heterocycles. The predicted molar refractivity (Wildman–Crippen MR) is 154 cm³/mol. The summed E-state index contributed by atoms with van der Waals surface area (Å²) in [5, 5.41) is 20.2. The number of nitrogens with one attached hydrogen (secondary N) is 2. The number of phenols is 1. The summed E-state index contributed by atoms with van der Waals surface area (Å²) < 4.78 is 5.24. The van der Waals surface area contributed by atoms with Gasteiger partial charge in [0.15, 0.2) is 12.1 Å². The molecule has 0 bridgehead atoms. The smallest absolute Gasteiger partial charge is 0.347 e. The number of hydrogen-bond acceptors (Lipinski definition) is 7. The number of rotatable bonds is 4. The van der Waals surface area contributed by atoms with Crippen LogP contribution in [0.4, 0.5) is 11.4 Å². The van der Waals surface area contributed by atoms with E-state index < -0.39 is 5.63 Å². The van der Waals surface area contributed by atoms with Crippen molar-refractivity contribution >= 4 is 56.0 Å². The molecule has 7 nitrogen and oxygen atoms in total. The summed E-state index contributed by atoms with van der Waals surface area (Å²) in [5.74, 6) is -0.267. The van der Waals surface area contributed by atoms with Crippen LogP contribution in [0.15, 0.2) is 75.9 Å². The average Bonchev–Trinajstić information content (AvgIpc) is 2.86. The van der Waals surface area contributed by atoms with Crippen LogP contribution in [-0.4, -0.2) is 31.3 Å². The molecule has 0 saturated carbocycles. The van der Waals surface area contributed by atoms with Crippen LogP contribution in [0.3, 0.4) is 0 Å². The Hall–Kier alpha value is -4.65. The van der Waals surface area contributed by atoms with E-state index in [2.05, 4.69) is 10.6 Å². The first-order valence-corrected chi connectivity index (χ1v) is 10.9. The van der Waals surface area contributed by atoms with Crippen LogP contribution in [0.2, 0.25) is 0 Å². The highest BCUT2D eigenvalue weighted by molar-refractivity contribution is 6.01. The second-order valence-corrected chi connectivity index (χ2v) is 8.05. The first kappa shape index (κ1) is 28.6. The lowest BCUT2D eigenvalue weighted by Gasteiger charge is -2.05. The average molecular weight is 501 g/mol. The molecule has 4 aromatic carbocycles. The minimum Gasteiger partial charge on any atom is -0.507 e. The van der Waals surface area contributed by atoms with E-state index in [1.165, 1.54) is 6.92 Å². The molecule has 1 aromatic heterocycles. The van der Waals surface area contributed by atoms with E-state index in [4.69, 9.17) is 4.42 Å². The van der Waals surface area contributed by atoms with Crippen molar-refractivity contribution < 1.29 is 19.1 Å². The molecule has 5 rings (SSSR count). The molecular weight excluding hydrogens is 468 g/mol. The van der Waals surface area contributed by atoms with E-state index in [1.54, 1.807) is 18.2 Å². The largest absolute Gasteiger partial charge is 0.507 e. The molecule has 0 aliphatic heterocycles. The predicted octanol–water partition coefficient (Wildman–Crippen LogP) is 6.86. The number of carbonyl (C=O) groups is 2. The summed E-state index contributed by atoms with van der Waals surface area (Å²) in [6.45, 7) is 1.36. The highest BCUT2D eigenvalue weighted by Crippen LogP contribution is 2.27. The van der Waals surface area contributed by atoms with Crippen molar-refractivity contribution in [3.8, 4) is 5.75 Å². The zero-order valence-electron chi connectivity index (χ0n) is 19.5. The Balaban J connectivity index is 0.000000256. The van der Waals surface area contributed by atoms with Crippen LogP contribution in [0.5, 0.6) is 5.75 Å². The van der Waals surface area contributed by atoms with E-state index in [-0.39, 0.29) is 31.9 Å². The van der Waals surface area contributed by atoms with E-state index in [1.807, 2.05) is 62.6 Å². The summed E-state index contributed by atoms with van der Waals surface area (Å²) in [4.78, 5) is 33.7. The molecule has 37 heavy (non-hydrogen) atoms. The Morgan fingerprint density at radius 3 is 1.89 bits per heavy atom. The molecule has 0 spiro atoms. The molecule has 0 aliphatic rings. The van der Waals surface area contributed by atoms with Gasteiger partial charge in [0.05, 0.1) is 5.56 Å². The third kappa shape index (κ3) is 5.95. The van der Waals surface area contributed by atoms with Gasteiger partial charge in [0.25, 0.3) is 0 Å². The van der Waals surface area contributed by atoms with Crippen LogP contribution in [0.25, 0.3) is 32.5 Å². The van der Waals surface area contributed by atoms with Gasteiger partial charge in [-0.3, -0.25) is 9.59 Å². The van der Waals surface area contributed by atoms with Crippen molar-refractivity contribution in [2.75, 3.05) is 24.7 Å². The fourth-order valence-electron chi connectivity index (χ4n) is 3.82. The summed E-state index contributed by atoms with van der Waals surface area (Å²) in [5.41, 5.74) is 2.26. The number of anilines is 2. The maximum Gasteiger partial charge on any atom is 0.347 e. The number of aromatic hydroxyl groups is 1. The zero-order valence-corrected chi connectivity index (χ0v) is 19.5. The van der Waals surface area contributed by atoms with Crippen LogP contribution in [0.1, 0.15) is 42.5 Å². The van der Waals surface area contributed by atoms with Gasteiger partial charge in [-0.15, -0.1) is 0 Å². The van der Waals surface area contributed by atoms with Crippen molar-refractivity contribution in [2.45, 2.75) is 21.8 Å². The number of ketones is 1. The molecule has 0 radical (unpaired) electrons. The topological polar surface area (TPSA) is 109 Å². The van der Waals surface area contributed by atoms with E-state index in [9.17, 15) is 19.5 Å². The molecule has 0 aliphatic carbocycles. The molecule has 0 fully saturated rings. The summed E-state index contributed by atoms with van der Waals surface area (Å²) in [6.07, 6.45) is 0.654. The van der Waals surface area contributed by atoms with Crippen LogP contribution in [-0.2, 0) is 0 Å². The maximum absolute atomic E-state index is 11.7. The quantitative estimate of drug-likeness (QED) is 0.107. The van der Waals surface area contributed by atoms with Gasteiger partial charge in [0.1, 0.15) is 16.9 Å². The Bertz CT molecular complexity index is 1650. The van der Waals surface area contributed by atoms with E-state index in [0.717, 1.165) is 38.3 Å². The summed E-state index contributed by atoms with van der Waals surface area (Å²) in [7, 11) is 3.68. The number of aldehydes is 1. The molecule has 0 amide bonds. The van der Waals surface area contributed by atoms with Gasteiger partial charge in [-0.2, -0.15) is 0 Å². The van der Waals surface area contributed by atoms with Crippen LogP contribution in [0, 0.1) is 0 Å². The number of hydrogen-bond donors (Lipinski definition) is 3. The number of Topliss-reactive ketones (excluding diaryl/α,β-unsaturated/α-hetero) is 1. The Morgan fingerprint density at radius 1 is 0.784 bits per heavy atom. The molecule has 7 heteroatoms. The first-order valence-electron chi connectivity index (χ1n) is 10.9. The minimum absolute atomic E-state index is 0. The lowest BCUT2D eigenvalue weighted by Crippen LogP contribution is -2.10. The highest BCUT2D eigenvalue weighted by Gasteiger charge is 2.10. The van der Waals surface area contributed by atoms with Gasteiger partial charge >= 0.3 is 5.63 Å². The zero-order chi connectivity index (χ0) is 25.1. The van der Waals surface area contributed by atoms with E-state index >= 15 is 0 Å². The minimum atomic E-state index is -0.589. The van der Waals surface area contributed by atoms with Gasteiger partial charge in [-0.05, 0) is 83.1 Å². The van der Waals surface area contributed by atoms with Crippen molar-refractivity contribution in [3.05, 3.63) is 88.3 Å². The number of phenolic OH excluding ortho intramolecular Hbond substituents is 1. The summed E-state index contributed by atoms with van der Waals surface area (Å²) >= 11 is 0. The fourth-order valence-corrected chi connectivity index (χ4v) is 3.82. The molecular formula is C30H32N2O5. The molecule has 3 N–H and O–H groups in total. The van der Waals surface area contributed by atoms with Gasteiger partial charge in [0.2, 0.25) is 0 Å². The normalized spacial score (nSPS) is 10.0. The SMILES string of the molecule is C.C.CNc1ccc2cc(C=O)c(O)cc2c1.CNc1ccc2cc3cc(C(C)=O)c(=O)oc3cc2c1. The lowest BCUT2D eigenvalue weighted by atomic mass is 10.1. The number of fused-ring (bicyclic) bond motifs is 3. The fraction of sp³-hybridized carbons (Fsp3) is 0.167. The first-order chi connectivity index (χ1) is 16.8.